The van der Waals surface area contributed by atoms with Crippen LogP contribution in [0.3, 0.4) is 0 Å². The number of pyridine rings is 1. The lowest BCUT2D eigenvalue weighted by Crippen LogP contribution is -2.46. The van der Waals surface area contributed by atoms with Crippen molar-refractivity contribution in [1.82, 2.24) is 14.9 Å². The number of carbonyl (C=O) groups excluding carboxylic acids is 3. The third-order valence-electron chi connectivity index (χ3n) is 5.65. The van der Waals surface area contributed by atoms with E-state index < -0.39 is 6.04 Å². The molecule has 34 heavy (non-hydrogen) atoms. The van der Waals surface area contributed by atoms with Gasteiger partial charge in [0.05, 0.1) is 18.4 Å². The highest BCUT2D eigenvalue weighted by Gasteiger charge is 2.36. The van der Waals surface area contributed by atoms with Gasteiger partial charge in [-0.15, -0.1) is 0 Å². The van der Waals surface area contributed by atoms with Crippen molar-refractivity contribution in [2.45, 2.75) is 19.0 Å². The van der Waals surface area contributed by atoms with Gasteiger partial charge >= 0.3 is 0 Å². The van der Waals surface area contributed by atoms with E-state index >= 15 is 0 Å². The van der Waals surface area contributed by atoms with Gasteiger partial charge in [-0.25, -0.2) is 5.06 Å². The Morgan fingerprint density at radius 3 is 2.59 bits per heavy atom. The van der Waals surface area contributed by atoms with Crippen molar-refractivity contribution in [1.29, 1.82) is 0 Å². The molecule has 2 heterocycles. The van der Waals surface area contributed by atoms with Crippen molar-refractivity contribution in [2.24, 2.45) is 0 Å². The number of nitrogens with zero attached hydrogens (tertiary/aromatic N) is 3. The highest BCUT2D eigenvalue weighted by atomic mass is 35.5. The topological polar surface area (TPSA) is 91.8 Å². The Morgan fingerprint density at radius 2 is 1.91 bits per heavy atom. The fourth-order valence-electron chi connectivity index (χ4n) is 3.78. The predicted molar refractivity (Wildman–Crippen MR) is 127 cm³/mol. The zero-order valence-corrected chi connectivity index (χ0v) is 19.5. The van der Waals surface area contributed by atoms with Gasteiger partial charge in [-0.3, -0.25) is 24.2 Å². The highest BCUT2D eigenvalue weighted by molar-refractivity contribution is 6.31. The molecule has 2 aromatic carbocycles. The lowest BCUT2D eigenvalue weighted by molar-refractivity contribution is -0.120. The van der Waals surface area contributed by atoms with Crippen LogP contribution in [0.4, 0.5) is 5.69 Å². The Bertz CT molecular complexity index is 1220. The molecule has 3 aromatic rings. The molecule has 1 aliphatic heterocycles. The molecule has 1 aromatic heterocycles. The first kappa shape index (κ1) is 23.4. The molecule has 9 heteroatoms. The summed E-state index contributed by atoms with van der Waals surface area (Å²) in [4.78, 5) is 49.9. The van der Waals surface area contributed by atoms with Gasteiger partial charge in [0.2, 0.25) is 5.91 Å². The van der Waals surface area contributed by atoms with Crippen LogP contribution in [0.5, 0.6) is 0 Å². The average Bonchev–Trinajstić information content (AvgIpc) is 2.94. The molecule has 0 saturated carbocycles. The van der Waals surface area contributed by atoms with Crippen LogP contribution in [-0.2, 0) is 22.6 Å². The number of aromatic nitrogens is 1. The first-order valence-corrected chi connectivity index (χ1v) is 11.0. The summed E-state index contributed by atoms with van der Waals surface area (Å²) in [6, 6.07) is 16.3. The van der Waals surface area contributed by atoms with E-state index in [0.29, 0.717) is 27.5 Å². The van der Waals surface area contributed by atoms with Crippen LogP contribution in [-0.4, -0.2) is 52.9 Å². The van der Waals surface area contributed by atoms with Crippen LogP contribution in [0.1, 0.15) is 32.0 Å². The Balaban J connectivity index is 1.68. The number of nitrogens with one attached hydrogen (secondary N) is 1. The fraction of sp³-hybridized carbons (Fsp3) is 0.200. The normalized spacial score (nSPS) is 15.4. The van der Waals surface area contributed by atoms with Gasteiger partial charge in [-0.1, -0.05) is 29.8 Å². The van der Waals surface area contributed by atoms with E-state index in [1.54, 1.807) is 54.7 Å². The maximum absolute atomic E-state index is 13.6. The van der Waals surface area contributed by atoms with Crippen molar-refractivity contribution >= 4 is 35.0 Å². The van der Waals surface area contributed by atoms with Crippen molar-refractivity contribution < 1.29 is 19.2 Å². The molecule has 0 spiro atoms. The minimum atomic E-state index is -0.797. The van der Waals surface area contributed by atoms with Gasteiger partial charge in [-0.2, -0.15) is 0 Å². The molecular weight excluding hydrogens is 456 g/mol. The monoisotopic (exact) mass is 478 g/mol. The molecule has 174 valence electrons. The average molecular weight is 479 g/mol. The summed E-state index contributed by atoms with van der Waals surface area (Å²) in [6.07, 6.45) is 1.90. The smallest absolute Gasteiger partial charge is 0.277 e. The Kier molecular flexibility index (Phi) is 6.90. The first-order chi connectivity index (χ1) is 16.4. The summed E-state index contributed by atoms with van der Waals surface area (Å²) in [5.74, 6) is -0.920. The number of halogens is 1. The van der Waals surface area contributed by atoms with E-state index in [1.807, 2.05) is 12.1 Å². The number of hydrogen-bond acceptors (Lipinski definition) is 5. The Hall–Kier alpha value is -3.75. The lowest BCUT2D eigenvalue weighted by Gasteiger charge is -2.29. The van der Waals surface area contributed by atoms with Crippen LogP contribution < -0.4 is 5.32 Å². The van der Waals surface area contributed by atoms with Crippen LogP contribution in [0.15, 0.2) is 66.9 Å². The van der Waals surface area contributed by atoms with Crippen LogP contribution in [0.25, 0.3) is 0 Å². The molecule has 1 aliphatic rings. The maximum Gasteiger partial charge on any atom is 0.277 e. The Morgan fingerprint density at radius 1 is 1.15 bits per heavy atom. The molecular formula is C25H23ClN4O4. The minimum absolute atomic E-state index is 0.167. The third kappa shape index (κ3) is 4.93. The van der Waals surface area contributed by atoms with Gasteiger partial charge in [-0.05, 0) is 48.0 Å². The Labute approximate surface area is 202 Å². The number of benzene rings is 2. The molecule has 0 saturated heterocycles. The quantitative estimate of drug-likeness (QED) is 0.547. The molecule has 3 amide bonds. The number of anilines is 1. The van der Waals surface area contributed by atoms with E-state index in [4.69, 9.17) is 16.4 Å². The van der Waals surface area contributed by atoms with E-state index in [2.05, 4.69) is 10.3 Å². The van der Waals surface area contributed by atoms with Crippen molar-refractivity contribution in [3.63, 3.8) is 0 Å². The van der Waals surface area contributed by atoms with E-state index in [0.717, 1.165) is 10.6 Å². The van der Waals surface area contributed by atoms with Crippen molar-refractivity contribution in [2.75, 3.05) is 19.5 Å². The second kappa shape index (κ2) is 10.0. The second-order valence-electron chi connectivity index (χ2n) is 7.84. The molecule has 0 aliphatic carbocycles. The van der Waals surface area contributed by atoms with Crippen molar-refractivity contribution in [3.05, 3.63) is 94.3 Å². The molecule has 0 bridgehead atoms. The van der Waals surface area contributed by atoms with E-state index in [9.17, 15) is 14.4 Å². The second-order valence-corrected chi connectivity index (χ2v) is 8.27. The maximum atomic E-state index is 13.6. The zero-order chi connectivity index (χ0) is 24.2. The molecule has 0 unspecified atom stereocenters. The minimum Gasteiger partial charge on any atom is -0.323 e. The third-order valence-corrected chi connectivity index (χ3v) is 5.89. The fourth-order valence-corrected chi connectivity index (χ4v) is 3.95. The van der Waals surface area contributed by atoms with Gasteiger partial charge in [0, 0.05) is 42.5 Å². The SMILES string of the molecule is CON(C)C(=O)c1ccc(CN2C(=O)c3ccc(Cl)cc3NC(=O)[C@H]2Cc2ccccn2)cc1. The molecule has 1 atom stereocenters. The summed E-state index contributed by atoms with van der Waals surface area (Å²) < 4.78 is 0. The first-order valence-electron chi connectivity index (χ1n) is 10.6. The number of hydrogen-bond donors (Lipinski definition) is 1. The zero-order valence-electron chi connectivity index (χ0n) is 18.7. The van der Waals surface area contributed by atoms with Crippen molar-refractivity contribution in [3.8, 4) is 0 Å². The van der Waals surface area contributed by atoms with Gasteiger partial charge in [0.15, 0.2) is 0 Å². The predicted octanol–water partition coefficient (Wildman–Crippen LogP) is 3.57. The van der Waals surface area contributed by atoms with Crippen LogP contribution in [0, 0.1) is 0 Å². The molecule has 0 fully saturated rings. The summed E-state index contributed by atoms with van der Waals surface area (Å²) in [6.45, 7) is 0.167. The van der Waals surface area contributed by atoms with E-state index in [-0.39, 0.29) is 30.7 Å². The molecule has 1 N–H and O–H groups in total. The summed E-state index contributed by atoms with van der Waals surface area (Å²) in [7, 11) is 2.94. The molecule has 4 rings (SSSR count). The summed E-state index contributed by atoms with van der Waals surface area (Å²) in [5, 5.41) is 4.39. The number of amides is 3. The van der Waals surface area contributed by atoms with Crippen LogP contribution in [0.2, 0.25) is 5.02 Å². The van der Waals surface area contributed by atoms with Crippen LogP contribution >= 0.6 is 11.6 Å². The van der Waals surface area contributed by atoms with Gasteiger partial charge in [0.25, 0.3) is 11.8 Å². The summed E-state index contributed by atoms with van der Waals surface area (Å²) in [5.41, 5.74) is 2.63. The number of rotatable bonds is 6. The molecule has 0 radical (unpaired) electrons. The standard InChI is InChI=1S/C25H23ClN4O4/c1-29(34-2)24(32)17-8-6-16(7-9-17)15-30-22(14-19-5-3-4-12-27-19)23(31)28-21-13-18(26)10-11-20(21)25(30)33/h3-13,22H,14-15H2,1-2H3,(H,28,31)/t22-/m1/s1. The highest BCUT2D eigenvalue weighted by Crippen LogP contribution is 2.28. The largest absolute Gasteiger partial charge is 0.323 e. The lowest BCUT2D eigenvalue weighted by atomic mass is 10.0. The van der Waals surface area contributed by atoms with E-state index in [1.165, 1.54) is 19.1 Å². The summed E-state index contributed by atoms with van der Waals surface area (Å²) >= 11 is 6.10. The molecule has 8 nitrogen and oxygen atoms in total. The number of carbonyl (C=O) groups is 3. The van der Waals surface area contributed by atoms with Gasteiger partial charge < -0.3 is 10.2 Å². The van der Waals surface area contributed by atoms with Gasteiger partial charge in [0.1, 0.15) is 6.04 Å². The number of fused-ring (bicyclic) bond motifs is 1. The number of hydroxylamine groups is 2.